The second-order valence-corrected chi connectivity index (χ2v) is 6.61. The molecule has 6 nitrogen and oxygen atoms in total. The zero-order valence-electron chi connectivity index (χ0n) is 13.9. The first-order valence-corrected chi connectivity index (χ1v) is 8.64. The number of nitrogens with zero attached hydrogens (tertiary/aromatic N) is 1. The van der Waals surface area contributed by atoms with E-state index in [1.807, 2.05) is 12.1 Å². The first-order valence-electron chi connectivity index (χ1n) is 8.27. The second kappa shape index (κ2) is 8.89. The van der Waals surface area contributed by atoms with Crippen LogP contribution < -0.4 is 16.4 Å². The van der Waals surface area contributed by atoms with Crippen LogP contribution in [0.1, 0.15) is 25.3 Å². The van der Waals surface area contributed by atoms with Crippen molar-refractivity contribution in [2.24, 2.45) is 11.7 Å². The van der Waals surface area contributed by atoms with Gasteiger partial charge in [0.1, 0.15) is 0 Å². The Morgan fingerprint density at radius 1 is 1.29 bits per heavy atom. The number of hydrogen-bond donors (Lipinski definition) is 3. The molecule has 24 heavy (non-hydrogen) atoms. The molecule has 0 saturated carbocycles. The highest BCUT2D eigenvalue weighted by Crippen LogP contribution is 2.22. The zero-order valence-corrected chi connectivity index (χ0v) is 14.7. The number of nitrogens with two attached hydrogens (primary N) is 1. The van der Waals surface area contributed by atoms with Crippen molar-refractivity contribution < 1.29 is 9.59 Å². The summed E-state index contributed by atoms with van der Waals surface area (Å²) in [6, 6.07) is 6.91. The van der Waals surface area contributed by atoms with E-state index >= 15 is 0 Å². The molecule has 0 bridgehead atoms. The molecule has 0 radical (unpaired) electrons. The van der Waals surface area contributed by atoms with Crippen molar-refractivity contribution in [2.75, 3.05) is 19.6 Å². The maximum atomic E-state index is 12.3. The molecular weight excluding hydrogens is 328 g/mol. The third-order valence-corrected chi connectivity index (χ3v) is 4.70. The zero-order chi connectivity index (χ0) is 17.5. The van der Waals surface area contributed by atoms with Crippen molar-refractivity contribution in [2.45, 2.75) is 32.4 Å². The molecule has 1 aromatic carbocycles. The van der Waals surface area contributed by atoms with Crippen molar-refractivity contribution in [3.63, 3.8) is 0 Å². The highest BCUT2D eigenvalue weighted by molar-refractivity contribution is 6.30. The van der Waals surface area contributed by atoms with Crippen LogP contribution in [0.25, 0.3) is 0 Å². The number of benzene rings is 1. The van der Waals surface area contributed by atoms with Crippen LogP contribution in [0.3, 0.4) is 0 Å². The molecule has 2 atom stereocenters. The third-order valence-electron chi connectivity index (χ3n) is 4.44. The second-order valence-electron chi connectivity index (χ2n) is 6.17. The minimum absolute atomic E-state index is 0.0182. The Bertz CT molecular complexity index is 564. The number of amides is 3. The summed E-state index contributed by atoms with van der Waals surface area (Å²) in [5.74, 6) is 0.310. The molecule has 3 amide bonds. The Labute approximate surface area is 147 Å². The van der Waals surface area contributed by atoms with E-state index in [9.17, 15) is 9.59 Å². The summed E-state index contributed by atoms with van der Waals surface area (Å²) in [4.78, 5) is 26.0. The smallest absolute Gasteiger partial charge is 0.315 e. The minimum Gasteiger partial charge on any atom is -0.337 e. The van der Waals surface area contributed by atoms with Crippen LogP contribution in [0.4, 0.5) is 4.79 Å². The molecule has 7 heteroatoms. The molecule has 0 aliphatic carbocycles. The Balaban J connectivity index is 1.76. The molecule has 1 aromatic rings. The highest BCUT2D eigenvalue weighted by Gasteiger charge is 2.30. The van der Waals surface area contributed by atoms with Gasteiger partial charge in [0.2, 0.25) is 5.91 Å². The SMILES string of the molecule is CC1CCCN(C(=O)CNC(=O)NCc2ccc(Cl)cc2)C1CN. The lowest BCUT2D eigenvalue weighted by Gasteiger charge is -2.39. The van der Waals surface area contributed by atoms with Gasteiger partial charge in [0, 0.05) is 30.7 Å². The molecule has 1 aliphatic rings. The monoisotopic (exact) mass is 352 g/mol. The van der Waals surface area contributed by atoms with Crippen LogP contribution in [-0.2, 0) is 11.3 Å². The first-order chi connectivity index (χ1) is 11.5. The number of carbonyl (C=O) groups excluding carboxylic acids is 2. The summed E-state index contributed by atoms with van der Waals surface area (Å²) >= 11 is 5.82. The Kier molecular flexibility index (Phi) is 6.87. The van der Waals surface area contributed by atoms with Crippen LogP contribution in [0, 0.1) is 5.92 Å². The summed E-state index contributed by atoms with van der Waals surface area (Å²) in [6.45, 7) is 3.64. The predicted octanol–water partition coefficient (Wildman–Crippen LogP) is 1.73. The summed E-state index contributed by atoms with van der Waals surface area (Å²) < 4.78 is 0. The first kappa shape index (κ1) is 18.5. The third kappa shape index (κ3) is 5.11. The molecule has 2 rings (SSSR count). The minimum atomic E-state index is -0.368. The van der Waals surface area contributed by atoms with Gasteiger partial charge in [-0.3, -0.25) is 4.79 Å². The standard InChI is InChI=1S/C17H25ClN4O2/c1-12-3-2-8-22(15(12)9-19)16(23)11-21-17(24)20-10-13-4-6-14(18)7-5-13/h4-7,12,15H,2-3,8-11,19H2,1H3,(H2,20,21,24). The average Bonchev–Trinajstić information content (AvgIpc) is 2.59. The largest absolute Gasteiger partial charge is 0.337 e. The molecule has 1 aliphatic heterocycles. The highest BCUT2D eigenvalue weighted by atomic mass is 35.5. The summed E-state index contributed by atoms with van der Waals surface area (Å²) in [7, 11) is 0. The van der Waals surface area contributed by atoms with E-state index in [2.05, 4.69) is 17.6 Å². The van der Waals surface area contributed by atoms with E-state index in [1.165, 1.54) is 0 Å². The van der Waals surface area contributed by atoms with Gasteiger partial charge in [-0.2, -0.15) is 0 Å². The molecule has 1 fully saturated rings. The normalized spacial score (nSPS) is 20.5. The van der Waals surface area contributed by atoms with E-state index in [-0.39, 0.29) is 24.5 Å². The van der Waals surface area contributed by atoms with E-state index in [1.54, 1.807) is 17.0 Å². The van der Waals surface area contributed by atoms with Gasteiger partial charge in [0.25, 0.3) is 0 Å². The fraction of sp³-hybridized carbons (Fsp3) is 0.529. The molecule has 132 valence electrons. The molecule has 2 unspecified atom stereocenters. The van der Waals surface area contributed by atoms with Crippen LogP contribution in [0.15, 0.2) is 24.3 Å². The van der Waals surface area contributed by atoms with E-state index < -0.39 is 0 Å². The fourth-order valence-corrected chi connectivity index (χ4v) is 3.15. The van der Waals surface area contributed by atoms with Crippen LogP contribution >= 0.6 is 11.6 Å². The van der Waals surface area contributed by atoms with Gasteiger partial charge in [0.05, 0.1) is 6.54 Å². The van der Waals surface area contributed by atoms with Crippen molar-refractivity contribution in [1.82, 2.24) is 15.5 Å². The van der Waals surface area contributed by atoms with Crippen LogP contribution in [-0.4, -0.2) is 42.5 Å². The maximum absolute atomic E-state index is 12.3. The number of likely N-dealkylation sites (tertiary alicyclic amines) is 1. The molecule has 1 saturated heterocycles. The Hall–Kier alpha value is -1.79. The number of nitrogens with one attached hydrogen (secondary N) is 2. The van der Waals surface area contributed by atoms with E-state index in [0.29, 0.717) is 30.6 Å². The topological polar surface area (TPSA) is 87.5 Å². The van der Waals surface area contributed by atoms with Gasteiger partial charge in [-0.05, 0) is 36.5 Å². The quantitative estimate of drug-likeness (QED) is 0.754. The number of piperidine rings is 1. The number of urea groups is 1. The van der Waals surface area contributed by atoms with Crippen molar-refractivity contribution in [1.29, 1.82) is 0 Å². The van der Waals surface area contributed by atoms with Gasteiger partial charge in [0.15, 0.2) is 0 Å². The van der Waals surface area contributed by atoms with Crippen LogP contribution in [0.5, 0.6) is 0 Å². The summed E-state index contributed by atoms with van der Waals surface area (Å²) in [6.07, 6.45) is 2.06. The van der Waals surface area contributed by atoms with Crippen molar-refractivity contribution >= 4 is 23.5 Å². The number of halogens is 1. The average molecular weight is 353 g/mol. The molecule has 0 spiro atoms. The Morgan fingerprint density at radius 3 is 2.67 bits per heavy atom. The lowest BCUT2D eigenvalue weighted by Crippen LogP contribution is -2.54. The predicted molar refractivity (Wildman–Crippen MR) is 94.6 cm³/mol. The van der Waals surface area contributed by atoms with Gasteiger partial charge >= 0.3 is 6.03 Å². The maximum Gasteiger partial charge on any atom is 0.315 e. The van der Waals surface area contributed by atoms with E-state index in [0.717, 1.165) is 18.4 Å². The molecule has 0 aromatic heterocycles. The molecule has 4 N–H and O–H groups in total. The molecule has 1 heterocycles. The van der Waals surface area contributed by atoms with Gasteiger partial charge in [-0.15, -0.1) is 0 Å². The van der Waals surface area contributed by atoms with Crippen molar-refractivity contribution in [3.05, 3.63) is 34.9 Å². The molecular formula is C17H25ClN4O2. The Morgan fingerprint density at radius 2 is 2.00 bits per heavy atom. The number of hydrogen-bond acceptors (Lipinski definition) is 3. The number of carbonyl (C=O) groups is 2. The van der Waals surface area contributed by atoms with Crippen LogP contribution in [0.2, 0.25) is 5.02 Å². The summed E-state index contributed by atoms with van der Waals surface area (Å²) in [5.41, 5.74) is 6.74. The van der Waals surface area contributed by atoms with Gasteiger partial charge < -0.3 is 21.3 Å². The van der Waals surface area contributed by atoms with E-state index in [4.69, 9.17) is 17.3 Å². The van der Waals surface area contributed by atoms with Gasteiger partial charge in [-0.25, -0.2) is 4.79 Å². The lowest BCUT2D eigenvalue weighted by atomic mass is 9.91. The van der Waals surface area contributed by atoms with Crippen molar-refractivity contribution in [3.8, 4) is 0 Å². The lowest BCUT2D eigenvalue weighted by molar-refractivity contribution is -0.134. The summed E-state index contributed by atoms with van der Waals surface area (Å²) in [5, 5.41) is 5.99. The number of rotatable bonds is 5. The fourth-order valence-electron chi connectivity index (χ4n) is 3.02. The van der Waals surface area contributed by atoms with Gasteiger partial charge in [-0.1, -0.05) is 30.7 Å².